The van der Waals surface area contributed by atoms with Gasteiger partial charge in [-0.15, -0.1) is 0 Å². The largest absolute Gasteiger partial charge is 0.478 e. The number of nitrogens with zero attached hydrogens (tertiary/aromatic N) is 4. The molecule has 0 spiro atoms. The van der Waals surface area contributed by atoms with Crippen molar-refractivity contribution >= 4 is 33.1 Å². The molecule has 0 radical (unpaired) electrons. The highest BCUT2D eigenvalue weighted by molar-refractivity contribution is 7.88. The zero-order valence-electron chi connectivity index (χ0n) is 22.5. The van der Waals surface area contributed by atoms with Crippen LogP contribution in [-0.2, 0) is 34.1 Å². The Morgan fingerprint density at radius 2 is 1.90 bits per heavy atom. The molecule has 2 aromatic carbocycles. The summed E-state index contributed by atoms with van der Waals surface area (Å²) in [5.41, 5.74) is 5.15. The Kier molecular flexibility index (Phi) is 7.39. The van der Waals surface area contributed by atoms with Gasteiger partial charge in [0.2, 0.25) is 10.0 Å². The molecule has 0 saturated carbocycles. The molecule has 2 aliphatic heterocycles. The summed E-state index contributed by atoms with van der Waals surface area (Å²) in [6.45, 7) is 3.98. The first-order chi connectivity index (χ1) is 18.6. The van der Waals surface area contributed by atoms with Crippen LogP contribution in [0.4, 0.5) is 4.79 Å². The average Bonchev–Trinajstić information content (AvgIpc) is 3.32. The monoisotopic (exact) mass is 554 g/mol. The lowest BCUT2D eigenvalue weighted by molar-refractivity contribution is 0.0696. The number of carboxylic acids is 1. The Hall–Kier alpha value is -3.44. The molecular weight excluding hydrogens is 520 g/mol. The van der Waals surface area contributed by atoms with Gasteiger partial charge in [0.05, 0.1) is 36.5 Å². The maximum atomic E-state index is 12.3. The standard InChI is InChI=1S/C28H34N4O6S/c1-18(15-19-5-4-6-22(16-19)27(33)34)32-24-8-7-20-9-12-30(28(35)38-2)17-23(20)25(24)29-26(32)21-10-13-31(14-11-21)39(3,36)37/h4-8,16,18,21H,9-15,17H2,1-3H3,(H,33,34)/t18-/m1/s1. The quantitative estimate of drug-likeness (QED) is 0.492. The Bertz CT molecular complexity index is 1520. The summed E-state index contributed by atoms with van der Waals surface area (Å²) < 4.78 is 33.0. The van der Waals surface area contributed by atoms with E-state index in [0.717, 1.165) is 33.5 Å². The van der Waals surface area contributed by atoms with E-state index in [0.29, 0.717) is 51.9 Å². The number of aromatic nitrogens is 2. The van der Waals surface area contributed by atoms with Crippen molar-refractivity contribution in [2.24, 2.45) is 0 Å². The van der Waals surface area contributed by atoms with Crippen LogP contribution < -0.4 is 0 Å². The molecule has 1 amide bonds. The van der Waals surface area contributed by atoms with Crippen LogP contribution >= 0.6 is 0 Å². The summed E-state index contributed by atoms with van der Waals surface area (Å²) in [6, 6.07) is 11.1. The van der Waals surface area contributed by atoms with Gasteiger partial charge in [-0.2, -0.15) is 0 Å². The molecule has 0 bridgehead atoms. The van der Waals surface area contributed by atoms with E-state index in [1.165, 1.54) is 17.7 Å². The number of rotatable bonds is 6. The van der Waals surface area contributed by atoms with E-state index in [-0.39, 0.29) is 23.6 Å². The number of carboxylic acid groups (broad SMARTS) is 1. The minimum absolute atomic E-state index is 0.0414. The number of aromatic carboxylic acids is 1. The number of carbonyl (C=O) groups excluding carboxylic acids is 1. The van der Waals surface area contributed by atoms with E-state index < -0.39 is 16.0 Å². The van der Waals surface area contributed by atoms with E-state index in [2.05, 4.69) is 23.6 Å². The Balaban J connectivity index is 1.56. The third-order valence-corrected chi connectivity index (χ3v) is 9.26. The molecule has 2 aliphatic rings. The number of amides is 1. The van der Waals surface area contributed by atoms with Gasteiger partial charge in [-0.1, -0.05) is 18.2 Å². The topological polar surface area (TPSA) is 122 Å². The smallest absolute Gasteiger partial charge is 0.409 e. The van der Waals surface area contributed by atoms with Gasteiger partial charge in [0.1, 0.15) is 5.82 Å². The molecule has 1 N–H and O–H groups in total. The summed E-state index contributed by atoms with van der Waals surface area (Å²) in [5.74, 6) is 0.0143. The van der Waals surface area contributed by atoms with Crippen LogP contribution in [0.1, 0.15) is 64.6 Å². The van der Waals surface area contributed by atoms with E-state index in [1.807, 2.05) is 6.07 Å². The Morgan fingerprint density at radius 1 is 1.15 bits per heavy atom. The molecule has 0 aliphatic carbocycles. The number of sulfonamides is 1. The number of hydrogen-bond donors (Lipinski definition) is 1. The van der Waals surface area contributed by atoms with E-state index >= 15 is 0 Å². The van der Waals surface area contributed by atoms with E-state index in [4.69, 9.17) is 9.72 Å². The van der Waals surface area contributed by atoms with Crippen LogP contribution in [-0.4, -0.2) is 77.3 Å². The molecule has 0 unspecified atom stereocenters. The molecule has 1 aromatic heterocycles. The normalized spacial score (nSPS) is 17.7. The van der Waals surface area contributed by atoms with Gasteiger partial charge in [0, 0.05) is 37.2 Å². The average molecular weight is 555 g/mol. The first kappa shape index (κ1) is 27.1. The number of fused-ring (bicyclic) bond motifs is 3. The van der Waals surface area contributed by atoms with Gasteiger partial charge in [-0.05, 0) is 61.9 Å². The predicted molar refractivity (Wildman–Crippen MR) is 146 cm³/mol. The molecule has 10 nitrogen and oxygen atoms in total. The summed E-state index contributed by atoms with van der Waals surface area (Å²) in [4.78, 5) is 30.7. The summed E-state index contributed by atoms with van der Waals surface area (Å²) in [6.07, 6.45) is 3.52. The SMILES string of the molecule is COC(=O)N1CCc2ccc3c(nc(C4CCN(S(C)(=O)=O)CC4)n3[C@H](C)Cc3cccc(C(=O)O)c3)c2C1. The van der Waals surface area contributed by atoms with Crippen LogP contribution in [0.25, 0.3) is 11.0 Å². The fourth-order valence-electron chi connectivity index (χ4n) is 5.96. The van der Waals surface area contributed by atoms with Gasteiger partial charge < -0.3 is 19.3 Å². The second kappa shape index (κ2) is 10.6. The number of methoxy groups -OCH3 is 1. The lowest BCUT2D eigenvalue weighted by Gasteiger charge is -2.31. The highest BCUT2D eigenvalue weighted by Gasteiger charge is 2.32. The number of piperidine rings is 1. The zero-order chi connectivity index (χ0) is 27.9. The summed E-state index contributed by atoms with van der Waals surface area (Å²) >= 11 is 0. The Morgan fingerprint density at radius 3 is 2.56 bits per heavy atom. The van der Waals surface area contributed by atoms with E-state index in [9.17, 15) is 23.1 Å². The third kappa shape index (κ3) is 5.38. The molecule has 5 rings (SSSR count). The first-order valence-corrected chi connectivity index (χ1v) is 15.0. The zero-order valence-corrected chi connectivity index (χ0v) is 23.3. The van der Waals surface area contributed by atoms with Crippen molar-refractivity contribution in [2.75, 3.05) is 33.0 Å². The highest BCUT2D eigenvalue weighted by atomic mass is 32.2. The van der Waals surface area contributed by atoms with E-state index in [1.54, 1.807) is 23.1 Å². The van der Waals surface area contributed by atoms with Crippen molar-refractivity contribution in [1.82, 2.24) is 18.8 Å². The van der Waals surface area contributed by atoms with Crippen molar-refractivity contribution in [1.29, 1.82) is 0 Å². The van der Waals surface area contributed by atoms with Crippen molar-refractivity contribution in [3.63, 3.8) is 0 Å². The molecule has 3 aromatic rings. The summed E-state index contributed by atoms with van der Waals surface area (Å²) in [5, 5.41) is 9.45. The van der Waals surface area contributed by atoms with Crippen LogP contribution in [0.2, 0.25) is 0 Å². The molecule has 208 valence electrons. The highest BCUT2D eigenvalue weighted by Crippen LogP contribution is 2.37. The molecule has 3 heterocycles. The lowest BCUT2D eigenvalue weighted by Crippen LogP contribution is -2.37. The van der Waals surface area contributed by atoms with Gasteiger partial charge in [-0.25, -0.2) is 27.3 Å². The fourth-order valence-corrected chi connectivity index (χ4v) is 6.83. The maximum absolute atomic E-state index is 12.3. The second-order valence-corrected chi connectivity index (χ2v) is 12.5. The van der Waals surface area contributed by atoms with Crippen LogP contribution in [0.5, 0.6) is 0 Å². The number of hydrogen-bond acceptors (Lipinski definition) is 6. The molecule has 11 heteroatoms. The minimum Gasteiger partial charge on any atom is -0.478 e. The predicted octanol–water partition coefficient (Wildman–Crippen LogP) is 3.80. The first-order valence-electron chi connectivity index (χ1n) is 13.2. The fraction of sp³-hybridized carbons (Fsp3) is 0.464. The lowest BCUT2D eigenvalue weighted by atomic mass is 9.96. The second-order valence-electron chi connectivity index (χ2n) is 10.5. The maximum Gasteiger partial charge on any atom is 0.409 e. The molecule has 39 heavy (non-hydrogen) atoms. The minimum atomic E-state index is -3.25. The molecule has 1 fully saturated rings. The van der Waals surface area contributed by atoms with Crippen LogP contribution in [0.3, 0.4) is 0 Å². The molecule has 1 atom stereocenters. The number of benzene rings is 2. The van der Waals surface area contributed by atoms with Gasteiger partial charge >= 0.3 is 12.1 Å². The van der Waals surface area contributed by atoms with Gasteiger partial charge in [0.25, 0.3) is 0 Å². The van der Waals surface area contributed by atoms with Crippen LogP contribution in [0.15, 0.2) is 36.4 Å². The third-order valence-electron chi connectivity index (χ3n) is 7.96. The summed E-state index contributed by atoms with van der Waals surface area (Å²) in [7, 11) is -1.87. The number of ether oxygens (including phenoxy) is 1. The van der Waals surface area contributed by atoms with Crippen molar-refractivity contribution < 1.29 is 27.9 Å². The number of carbonyl (C=O) groups is 2. The van der Waals surface area contributed by atoms with Crippen molar-refractivity contribution in [3.05, 3.63) is 64.5 Å². The molecular formula is C28H34N4O6S. The van der Waals surface area contributed by atoms with Gasteiger partial charge in [0.15, 0.2) is 0 Å². The number of imidazole rings is 1. The van der Waals surface area contributed by atoms with Crippen LogP contribution in [0, 0.1) is 0 Å². The van der Waals surface area contributed by atoms with Crippen molar-refractivity contribution in [2.45, 2.75) is 51.1 Å². The molecule has 1 saturated heterocycles. The van der Waals surface area contributed by atoms with Crippen molar-refractivity contribution in [3.8, 4) is 0 Å². The van der Waals surface area contributed by atoms with Gasteiger partial charge in [-0.3, -0.25) is 0 Å². The Labute approximate surface area is 228 Å².